The summed E-state index contributed by atoms with van der Waals surface area (Å²) in [6.07, 6.45) is 4.54. The van der Waals surface area contributed by atoms with Crippen molar-refractivity contribution in [2.24, 2.45) is 0 Å². The van der Waals surface area contributed by atoms with Crippen LogP contribution in [0.4, 0.5) is 10.9 Å². The van der Waals surface area contributed by atoms with E-state index < -0.39 is 0 Å². The molecule has 7 nitrogen and oxygen atoms in total. The molecule has 158 valence electrons. The van der Waals surface area contributed by atoms with Crippen LogP contribution in [0.15, 0.2) is 29.6 Å². The molecule has 3 heterocycles. The van der Waals surface area contributed by atoms with Gasteiger partial charge in [0.1, 0.15) is 11.4 Å². The lowest BCUT2D eigenvalue weighted by molar-refractivity contribution is 0.0526. The molecule has 0 N–H and O–H groups in total. The Morgan fingerprint density at radius 3 is 2.63 bits per heavy atom. The molecule has 1 fully saturated rings. The first-order valence-corrected chi connectivity index (χ1v) is 12.1. The predicted molar refractivity (Wildman–Crippen MR) is 123 cm³/mol. The minimum atomic E-state index is -0.375. The summed E-state index contributed by atoms with van der Waals surface area (Å²) < 4.78 is 6.44. The van der Waals surface area contributed by atoms with Gasteiger partial charge in [0.05, 0.1) is 16.8 Å². The van der Waals surface area contributed by atoms with Crippen LogP contribution in [-0.4, -0.2) is 60.0 Å². The molecule has 1 aromatic carbocycles. The minimum Gasteiger partial charge on any atom is -0.462 e. The topological polar surface area (TPSA) is 71.5 Å². The number of esters is 1. The largest absolute Gasteiger partial charge is 0.462 e. The van der Waals surface area contributed by atoms with Gasteiger partial charge in [0.25, 0.3) is 0 Å². The summed E-state index contributed by atoms with van der Waals surface area (Å²) in [4.78, 5) is 30.6. The van der Waals surface area contributed by atoms with Crippen molar-refractivity contribution in [2.75, 3.05) is 48.8 Å². The van der Waals surface area contributed by atoms with E-state index >= 15 is 0 Å². The Labute approximate surface area is 184 Å². The number of thiazole rings is 1. The van der Waals surface area contributed by atoms with E-state index in [9.17, 15) is 4.79 Å². The normalized spacial score (nSPS) is 14.4. The Bertz CT molecular complexity index is 1050. The highest BCUT2D eigenvalue weighted by Gasteiger charge is 2.26. The number of fused-ring (bicyclic) bond motifs is 1. The maximum Gasteiger partial charge on any atom is 0.343 e. The van der Waals surface area contributed by atoms with Crippen LogP contribution < -0.4 is 9.80 Å². The second-order valence-corrected chi connectivity index (χ2v) is 8.72. The molecular formula is C21H25N5O2S2. The van der Waals surface area contributed by atoms with Gasteiger partial charge in [-0.2, -0.15) is 0 Å². The molecule has 30 heavy (non-hydrogen) atoms. The Morgan fingerprint density at radius 1 is 1.17 bits per heavy atom. The number of ether oxygens (including phenoxy) is 1. The fraction of sp³-hybridized carbons (Fsp3) is 0.429. The van der Waals surface area contributed by atoms with Crippen molar-refractivity contribution < 1.29 is 9.53 Å². The molecule has 0 atom stereocenters. The third-order valence-corrected chi connectivity index (χ3v) is 6.76. The maximum atomic E-state index is 12.4. The zero-order valence-corrected chi connectivity index (χ0v) is 19.1. The molecule has 0 spiro atoms. The van der Waals surface area contributed by atoms with Gasteiger partial charge in [-0.15, -0.1) is 0 Å². The summed E-state index contributed by atoms with van der Waals surface area (Å²) in [5.74, 6) is 0.282. The fourth-order valence-electron chi connectivity index (χ4n) is 3.47. The number of piperazine rings is 1. The van der Waals surface area contributed by atoms with E-state index in [0.717, 1.165) is 43.2 Å². The molecule has 9 heteroatoms. The van der Waals surface area contributed by atoms with Crippen molar-refractivity contribution in [2.45, 2.75) is 25.4 Å². The number of rotatable bonds is 6. The average molecular weight is 444 g/mol. The summed E-state index contributed by atoms with van der Waals surface area (Å²) in [6, 6.07) is 6.50. The number of thioether (sulfide) groups is 1. The lowest BCUT2D eigenvalue weighted by Crippen LogP contribution is -2.47. The molecule has 1 aliphatic heterocycles. The molecule has 0 radical (unpaired) electrons. The molecule has 4 rings (SSSR count). The monoisotopic (exact) mass is 443 g/mol. The Kier molecular flexibility index (Phi) is 6.38. The Hall–Kier alpha value is -2.39. The van der Waals surface area contributed by atoms with Gasteiger partial charge >= 0.3 is 5.97 Å². The van der Waals surface area contributed by atoms with Gasteiger partial charge in [0, 0.05) is 32.4 Å². The van der Waals surface area contributed by atoms with Crippen LogP contribution >= 0.6 is 23.1 Å². The SMILES string of the molecule is CCOC(=O)c1cnc(SC)nc1N1CCN(c2nc3ccc(CC)cc3s2)CC1. The van der Waals surface area contributed by atoms with Crippen LogP contribution in [0.2, 0.25) is 0 Å². The summed E-state index contributed by atoms with van der Waals surface area (Å²) in [6.45, 7) is 7.45. The first-order valence-electron chi connectivity index (χ1n) is 10.1. The summed E-state index contributed by atoms with van der Waals surface area (Å²) in [5, 5.41) is 1.70. The first-order chi connectivity index (χ1) is 14.6. The first kappa shape index (κ1) is 20.9. The van der Waals surface area contributed by atoms with Gasteiger partial charge in [0.15, 0.2) is 10.3 Å². The highest BCUT2D eigenvalue weighted by atomic mass is 32.2. The molecule has 1 aliphatic rings. The van der Waals surface area contributed by atoms with Crippen LogP contribution in [-0.2, 0) is 11.2 Å². The van der Waals surface area contributed by atoms with Crippen LogP contribution in [0.25, 0.3) is 10.2 Å². The van der Waals surface area contributed by atoms with Gasteiger partial charge in [0.2, 0.25) is 0 Å². The standard InChI is InChI=1S/C21H25N5O2S2/c1-4-14-6-7-16-17(12-14)30-21(23-16)26-10-8-25(9-11-26)18-15(19(27)28-5-2)13-22-20(24-18)29-3/h6-7,12-13H,4-5,8-11H2,1-3H3. The number of aryl methyl sites for hydroxylation is 1. The predicted octanol–water partition coefficient (Wildman–Crippen LogP) is 3.87. The van der Waals surface area contributed by atoms with Crippen molar-refractivity contribution in [1.82, 2.24) is 15.0 Å². The number of hydrogen-bond acceptors (Lipinski definition) is 9. The number of nitrogens with zero attached hydrogens (tertiary/aromatic N) is 5. The third kappa shape index (κ3) is 4.22. The second kappa shape index (κ2) is 9.18. The van der Waals surface area contributed by atoms with Crippen molar-refractivity contribution in [3.63, 3.8) is 0 Å². The van der Waals surface area contributed by atoms with E-state index in [4.69, 9.17) is 9.72 Å². The van der Waals surface area contributed by atoms with Crippen molar-refractivity contribution in [3.05, 3.63) is 35.5 Å². The number of hydrogen-bond donors (Lipinski definition) is 0. The average Bonchev–Trinajstić information content (AvgIpc) is 3.22. The zero-order chi connectivity index (χ0) is 21.1. The highest BCUT2D eigenvalue weighted by Crippen LogP contribution is 2.31. The van der Waals surface area contributed by atoms with E-state index in [1.54, 1.807) is 24.5 Å². The van der Waals surface area contributed by atoms with Gasteiger partial charge in [-0.25, -0.2) is 19.7 Å². The summed E-state index contributed by atoms with van der Waals surface area (Å²) in [7, 11) is 0. The van der Waals surface area contributed by atoms with E-state index in [2.05, 4.69) is 44.9 Å². The molecular weight excluding hydrogens is 418 g/mol. The molecule has 0 amide bonds. The van der Waals surface area contributed by atoms with Crippen molar-refractivity contribution in [3.8, 4) is 0 Å². The highest BCUT2D eigenvalue weighted by molar-refractivity contribution is 7.98. The van der Waals surface area contributed by atoms with E-state index in [-0.39, 0.29) is 5.97 Å². The molecule has 0 saturated carbocycles. The van der Waals surface area contributed by atoms with Crippen molar-refractivity contribution in [1.29, 1.82) is 0 Å². The van der Waals surface area contributed by atoms with E-state index in [0.29, 0.717) is 23.1 Å². The maximum absolute atomic E-state index is 12.4. The molecule has 0 bridgehead atoms. The fourth-order valence-corrected chi connectivity index (χ4v) is 4.89. The van der Waals surface area contributed by atoms with Crippen LogP contribution in [0, 0.1) is 0 Å². The lowest BCUT2D eigenvalue weighted by Gasteiger charge is -2.35. The lowest BCUT2D eigenvalue weighted by atomic mass is 10.2. The zero-order valence-electron chi connectivity index (χ0n) is 17.4. The van der Waals surface area contributed by atoms with Gasteiger partial charge in [-0.3, -0.25) is 0 Å². The van der Waals surface area contributed by atoms with Gasteiger partial charge < -0.3 is 14.5 Å². The second-order valence-electron chi connectivity index (χ2n) is 6.94. The minimum absolute atomic E-state index is 0.327. The summed E-state index contributed by atoms with van der Waals surface area (Å²) >= 11 is 3.21. The summed E-state index contributed by atoms with van der Waals surface area (Å²) in [5.41, 5.74) is 2.82. The third-order valence-electron chi connectivity index (χ3n) is 5.12. The number of benzene rings is 1. The molecule has 3 aromatic rings. The van der Waals surface area contributed by atoms with Crippen LogP contribution in [0.1, 0.15) is 29.8 Å². The van der Waals surface area contributed by atoms with Crippen molar-refractivity contribution >= 4 is 50.2 Å². The Balaban J connectivity index is 1.52. The Morgan fingerprint density at radius 2 is 1.93 bits per heavy atom. The smallest absolute Gasteiger partial charge is 0.343 e. The number of aromatic nitrogens is 3. The molecule has 1 saturated heterocycles. The molecule has 2 aromatic heterocycles. The van der Waals surface area contributed by atoms with E-state index in [1.165, 1.54) is 22.0 Å². The van der Waals surface area contributed by atoms with Gasteiger partial charge in [-0.05, 0) is 37.3 Å². The van der Waals surface area contributed by atoms with Crippen LogP contribution in [0.3, 0.4) is 0 Å². The number of carbonyl (C=O) groups excluding carboxylic acids is 1. The molecule has 0 unspecified atom stereocenters. The van der Waals surface area contributed by atoms with Crippen LogP contribution in [0.5, 0.6) is 0 Å². The quantitative estimate of drug-likeness (QED) is 0.323. The number of anilines is 2. The van der Waals surface area contributed by atoms with E-state index in [1.807, 2.05) is 6.26 Å². The van der Waals surface area contributed by atoms with Gasteiger partial charge in [-0.1, -0.05) is 36.1 Å². The number of carbonyl (C=O) groups is 1. The molecule has 0 aliphatic carbocycles.